The Labute approximate surface area is 106 Å². The van der Waals surface area contributed by atoms with Crippen LogP contribution in [0.4, 0.5) is 0 Å². The van der Waals surface area contributed by atoms with Crippen LogP contribution in [0.1, 0.15) is 19.4 Å². The topological polar surface area (TPSA) is 43.1 Å². The molecule has 0 aromatic heterocycles. The first-order valence-corrected chi connectivity index (χ1v) is 5.90. The number of hydrogen-bond donors (Lipinski definition) is 1. The lowest BCUT2D eigenvalue weighted by Gasteiger charge is -2.15. The van der Waals surface area contributed by atoms with Crippen LogP contribution in [0.2, 0.25) is 10.0 Å². The van der Waals surface area contributed by atoms with Crippen LogP contribution < -0.4 is 5.73 Å². The van der Waals surface area contributed by atoms with Crippen LogP contribution in [0.15, 0.2) is 18.2 Å². The molecule has 0 fully saturated rings. The van der Waals surface area contributed by atoms with Gasteiger partial charge in [0.2, 0.25) is 0 Å². The molecule has 1 aromatic rings. The van der Waals surface area contributed by atoms with Gasteiger partial charge in [-0.05, 0) is 23.6 Å². The Balaban J connectivity index is 2.85. The Morgan fingerprint density at radius 2 is 1.81 bits per heavy atom. The van der Waals surface area contributed by atoms with Crippen LogP contribution in [0.5, 0.6) is 0 Å². The highest BCUT2D eigenvalue weighted by atomic mass is 35.5. The van der Waals surface area contributed by atoms with E-state index in [1.807, 2.05) is 13.8 Å². The maximum atomic E-state index is 11.8. The molecule has 0 saturated carbocycles. The van der Waals surface area contributed by atoms with Crippen molar-refractivity contribution in [2.75, 3.05) is 0 Å². The molecule has 0 saturated heterocycles. The SMILES string of the molecule is CC(C)C(N)C(=O)Cc1c(Cl)cccc1Cl. The van der Waals surface area contributed by atoms with E-state index in [-0.39, 0.29) is 18.1 Å². The fraction of sp³-hybridized carbons (Fsp3) is 0.417. The molecule has 0 aliphatic heterocycles. The molecule has 2 nitrogen and oxygen atoms in total. The Kier molecular flexibility index (Phi) is 4.78. The van der Waals surface area contributed by atoms with E-state index in [0.29, 0.717) is 15.6 Å². The highest BCUT2D eigenvalue weighted by Gasteiger charge is 2.19. The van der Waals surface area contributed by atoms with Crippen molar-refractivity contribution in [2.24, 2.45) is 11.7 Å². The maximum absolute atomic E-state index is 11.8. The summed E-state index contributed by atoms with van der Waals surface area (Å²) in [5, 5.41) is 1.02. The van der Waals surface area contributed by atoms with Crippen molar-refractivity contribution in [2.45, 2.75) is 26.3 Å². The number of ketones is 1. The van der Waals surface area contributed by atoms with Crippen LogP contribution in [-0.2, 0) is 11.2 Å². The molecule has 1 aromatic carbocycles. The molecule has 88 valence electrons. The molecule has 2 N–H and O–H groups in total. The summed E-state index contributed by atoms with van der Waals surface area (Å²) in [6, 6.07) is 4.72. The Morgan fingerprint density at radius 3 is 2.25 bits per heavy atom. The molecule has 1 atom stereocenters. The zero-order chi connectivity index (χ0) is 12.3. The van der Waals surface area contributed by atoms with E-state index >= 15 is 0 Å². The zero-order valence-corrected chi connectivity index (χ0v) is 10.8. The fourth-order valence-corrected chi connectivity index (χ4v) is 1.90. The van der Waals surface area contributed by atoms with Gasteiger partial charge in [-0.25, -0.2) is 0 Å². The van der Waals surface area contributed by atoms with E-state index in [0.717, 1.165) is 0 Å². The van der Waals surface area contributed by atoms with Crippen LogP contribution in [-0.4, -0.2) is 11.8 Å². The number of carbonyl (C=O) groups is 1. The standard InChI is InChI=1S/C12H15Cl2NO/c1-7(2)12(15)11(16)6-8-9(13)4-3-5-10(8)14/h3-5,7,12H,6,15H2,1-2H3. The highest BCUT2D eigenvalue weighted by molar-refractivity contribution is 6.36. The molecule has 16 heavy (non-hydrogen) atoms. The number of halogens is 2. The molecule has 0 heterocycles. The molecule has 1 rings (SSSR count). The molecule has 0 radical (unpaired) electrons. The first-order valence-electron chi connectivity index (χ1n) is 5.14. The van der Waals surface area contributed by atoms with Crippen LogP contribution in [0.3, 0.4) is 0 Å². The van der Waals surface area contributed by atoms with E-state index in [1.165, 1.54) is 0 Å². The fourth-order valence-electron chi connectivity index (χ4n) is 1.37. The van der Waals surface area contributed by atoms with Crippen molar-refractivity contribution in [1.29, 1.82) is 0 Å². The number of hydrogen-bond acceptors (Lipinski definition) is 2. The predicted molar refractivity (Wildman–Crippen MR) is 68.0 cm³/mol. The number of benzene rings is 1. The van der Waals surface area contributed by atoms with Crippen LogP contribution >= 0.6 is 23.2 Å². The highest BCUT2D eigenvalue weighted by Crippen LogP contribution is 2.25. The molecule has 4 heteroatoms. The van der Waals surface area contributed by atoms with Gasteiger partial charge in [0.25, 0.3) is 0 Å². The Bertz CT molecular complexity index is 370. The van der Waals surface area contributed by atoms with Gasteiger partial charge in [0.1, 0.15) is 0 Å². The van der Waals surface area contributed by atoms with Crippen molar-refractivity contribution in [3.05, 3.63) is 33.8 Å². The molecule has 0 aliphatic rings. The van der Waals surface area contributed by atoms with Crippen molar-refractivity contribution in [1.82, 2.24) is 0 Å². The summed E-state index contributed by atoms with van der Waals surface area (Å²) in [7, 11) is 0. The van der Waals surface area contributed by atoms with Gasteiger partial charge in [0.05, 0.1) is 6.04 Å². The second-order valence-electron chi connectivity index (χ2n) is 4.11. The normalized spacial score (nSPS) is 12.9. The minimum absolute atomic E-state index is 0.0370. The molecule has 1 unspecified atom stereocenters. The average molecular weight is 260 g/mol. The van der Waals surface area contributed by atoms with Crippen molar-refractivity contribution < 1.29 is 4.79 Å². The third-order valence-corrected chi connectivity index (χ3v) is 3.21. The van der Waals surface area contributed by atoms with E-state index in [4.69, 9.17) is 28.9 Å². The second kappa shape index (κ2) is 5.67. The molecular weight excluding hydrogens is 245 g/mol. The van der Waals surface area contributed by atoms with E-state index < -0.39 is 6.04 Å². The minimum Gasteiger partial charge on any atom is -0.321 e. The van der Waals surface area contributed by atoms with E-state index in [1.54, 1.807) is 18.2 Å². The lowest BCUT2D eigenvalue weighted by atomic mass is 9.96. The molecule has 0 bridgehead atoms. The molecule has 0 amide bonds. The van der Waals surface area contributed by atoms with Gasteiger partial charge < -0.3 is 5.73 Å². The summed E-state index contributed by atoms with van der Waals surface area (Å²) in [5.74, 6) is 0.0822. The smallest absolute Gasteiger partial charge is 0.154 e. The third kappa shape index (κ3) is 3.21. The largest absolute Gasteiger partial charge is 0.321 e. The second-order valence-corrected chi connectivity index (χ2v) is 4.93. The summed E-state index contributed by atoms with van der Waals surface area (Å²) in [5.41, 5.74) is 6.43. The number of rotatable bonds is 4. The summed E-state index contributed by atoms with van der Waals surface area (Å²) < 4.78 is 0. The monoisotopic (exact) mass is 259 g/mol. The van der Waals surface area contributed by atoms with Gasteiger partial charge in [0, 0.05) is 16.5 Å². The number of carbonyl (C=O) groups excluding carboxylic acids is 1. The third-order valence-electron chi connectivity index (χ3n) is 2.50. The van der Waals surface area contributed by atoms with Gasteiger partial charge in [-0.3, -0.25) is 4.79 Å². The van der Waals surface area contributed by atoms with Crippen LogP contribution in [0, 0.1) is 5.92 Å². The van der Waals surface area contributed by atoms with Crippen molar-refractivity contribution in [3.8, 4) is 0 Å². The summed E-state index contributed by atoms with van der Waals surface area (Å²) in [6.45, 7) is 3.83. The minimum atomic E-state index is -0.465. The zero-order valence-electron chi connectivity index (χ0n) is 9.34. The Hall–Kier alpha value is -0.570. The number of Topliss-reactive ketones (excluding diaryl/α,β-unsaturated/α-hetero) is 1. The molecule has 0 aliphatic carbocycles. The average Bonchev–Trinajstić information content (AvgIpc) is 2.22. The summed E-state index contributed by atoms with van der Waals surface area (Å²) in [4.78, 5) is 11.8. The quantitative estimate of drug-likeness (QED) is 0.903. The van der Waals surface area contributed by atoms with Gasteiger partial charge >= 0.3 is 0 Å². The van der Waals surface area contributed by atoms with Gasteiger partial charge in [0.15, 0.2) is 5.78 Å². The summed E-state index contributed by atoms with van der Waals surface area (Å²) in [6.07, 6.45) is 0.192. The van der Waals surface area contributed by atoms with Crippen molar-refractivity contribution in [3.63, 3.8) is 0 Å². The van der Waals surface area contributed by atoms with Crippen molar-refractivity contribution >= 4 is 29.0 Å². The van der Waals surface area contributed by atoms with Gasteiger partial charge in [-0.15, -0.1) is 0 Å². The first-order chi connectivity index (χ1) is 7.43. The molecular formula is C12H15Cl2NO. The van der Waals surface area contributed by atoms with Gasteiger partial charge in [-0.2, -0.15) is 0 Å². The lowest BCUT2D eigenvalue weighted by molar-refractivity contribution is -0.120. The predicted octanol–water partition coefficient (Wildman–Crippen LogP) is 3.09. The van der Waals surface area contributed by atoms with E-state index in [2.05, 4.69) is 0 Å². The molecule has 0 spiro atoms. The number of nitrogens with two attached hydrogens (primary N) is 1. The van der Waals surface area contributed by atoms with E-state index in [9.17, 15) is 4.79 Å². The summed E-state index contributed by atoms with van der Waals surface area (Å²) >= 11 is 12.0. The van der Waals surface area contributed by atoms with Gasteiger partial charge in [-0.1, -0.05) is 43.1 Å². The Morgan fingerprint density at radius 1 is 1.31 bits per heavy atom. The first kappa shape index (κ1) is 13.5. The van der Waals surface area contributed by atoms with Crippen LogP contribution in [0.25, 0.3) is 0 Å². The maximum Gasteiger partial charge on any atom is 0.154 e. The lowest BCUT2D eigenvalue weighted by Crippen LogP contribution is -2.36.